The van der Waals surface area contributed by atoms with Gasteiger partial charge >= 0.3 is 11.9 Å². The summed E-state index contributed by atoms with van der Waals surface area (Å²) in [4.78, 5) is 53.3. The summed E-state index contributed by atoms with van der Waals surface area (Å²) in [5.41, 5.74) is 8.23. The first-order chi connectivity index (χ1) is 16.2. The Morgan fingerprint density at radius 3 is 2.44 bits per heavy atom. The van der Waals surface area contributed by atoms with Crippen molar-refractivity contribution < 1.29 is 24.6 Å². The van der Waals surface area contributed by atoms with Gasteiger partial charge in [-0.1, -0.05) is 0 Å². The highest BCUT2D eigenvalue weighted by atomic mass is 16.4. The number of nitrogens with one attached hydrogen (secondary N) is 2. The maximum absolute atomic E-state index is 12.4. The minimum Gasteiger partial charge on any atom is -0.481 e. The van der Waals surface area contributed by atoms with Crippen LogP contribution in [0, 0.1) is 0 Å². The van der Waals surface area contributed by atoms with Crippen molar-refractivity contribution in [2.45, 2.75) is 25.4 Å². The topological polar surface area (TPSA) is 197 Å². The van der Waals surface area contributed by atoms with Crippen LogP contribution in [0.5, 0.6) is 0 Å². The van der Waals surface area contributed by atoms with Gasteiger partial charge in [-0.15, -0.1) is 0 Å². The molecule has 178 valence electrons. The zero-order valence-electron chi connectivity index (χ0n) is 18.5. The van der Waals surface area contributed by atoms with E-state index in [0.717, 1.165) is 5.69 Å². The molecule has 0 saturated carbocycles. The van der Waals surface area contributed by atoms with Crippen molar-refractivity contribution in [1.82, 2.24) is 25.3 Å². The lowest BCUT2D eigenvalue weighted by Crippen LogP contribution is -2.41. The molecule has 1 atom stereocenters. The van der Waals surface area contributed by atoms with Gasteiger partial charge in [0.05, 0.1) is 18.4 Å². The molecule has 0 spiro atoms. The number of nitrogens with two attached hydrogens (primary N) is 1. The van der Waals surface area contributed by atoms with Crippen molar-refractivity contribution in [3.8, 4) is 0 Å². The van der Waals surface area contributed by atoms with Crippen LogP contribution in [0.3, 0.4) is 0 Å². The van der Waals surface area contributed by atoms with Crippen molar-refractivity contribution in [1.29, 1.82) is 0 Å². The second-order valence-electron chi connectivity index (χ2n) is 7.41. The summed E-state index contributed by atoms with van der Waals surface area (Å²) in [6, 6.07) is 5.23. The van der Waals surface area contributed by atoms with Crippen LogP contribution in [0.2, 0.25) is 0 Å². The van der Waals surface area contributed by atoms with E-state index in [9.17, 15) is 19.5 Å². The van der Waals surface area contributed by atoms with Gasteiger partial charge in [-0.2, -0.15) is 9.97 Å². The van der Waals surface area contributed by atoms with Crippen molar-refractivity contribution in [2.75, 3.05) is 30.0 Å². The number of nitrogen functional groups attached to an aromatic ring is 1. The predicted molar refractivity (Wildman–Crippen MR) is 123 cm³/mol. The van der Waals surface area contributed by atoms with Crippen LogP contribution in [0.4, 0.5) is 17.5 Å². The number of hydrogen-bond donors (Lipinski definition) is 5. The van der Waals surface area contributed by atoms with Crippen LogP contribution >= 0.6 is 0 Å². The molecule has 3 aromatic rings. The smallest absolute Gasteiger partial charge is 0.326 e. The molecular formula is C21H24N8O5. The Balaban J connectivity index is 1.69. The van der Waals surface area contributed by atoms with E-state index in [1.165, 1.54) is 0 Å². The van der Waals surface area contributed by atoms with Gasteiger partial charge in [-0.25, -0.2) is 14.8 Å². The van der Waals surface area contributed by atoms with E-state index in [-0.39, 0.29) is 24.4 Å². The van der Waals surface area contributed by atoms with Crippen molar-refractivity contribution in [3.63, 3.8) is 0 Å². The molecule has 0 aliphatic rings. The number of fused-ring (bicyclic) bond motifs is 1. The molecule has 34 heavy (non-hydrogen) atoms. The fraction of sp³-hybridized carbons (Fsp3) is 0.286. The van der Waals surface area contributed by atoms with Gasteiger partial charge < -0.3 is 31.5 Å². The molecule has 0 fully saturated rings. The fourth-order valence-electron chi connectivity index (χ4n) is 3.18. The number of aromatic nitrogens is 4. The van der Waals surface area contributed by atoms with Gasteiger partial charge in [0.25, 0.3) is 5.91 Å². The predicted octanol–water partition coefficient (Wildman–Crippen LogP) is 0.728. The molecular weight excluding hydrogens is 444 g/mol. The summed E-state index contributed by atoms with van der Waals surface area (Å²) in [5, 5.41) is 23.2. The van der Waals surface area contributed by atoms with E-state index >= 15 is 0 Å². The third-order valence-electron chi connectivity index (χ3n) is 4.93. The van der Waals surface area contributed by atoms with E-state index < -0.39 is 23.9 Å². The molecule has 0 saturated heterocycles. The molecule has 13 nitrogen and oxygen atoms in total. The molecule has 3 rings (SSSR count). The number of carboxylic acids is 2. The number of carbonyl (C=O) groups excluding carboxylic acids is 1. The number of nitrogens with zero attached hydrogens (tertiary/aromatic N) is 5. The second-order valence-corrected chi connectivity index (χ2v) is 7.41. The lowest BCUT2D eigenvalue weighted by molar-refractivity contribution is -0.140. The van der Waals surface area contributed by atoms with Crippen molar-refractivity contribution in [2.24, 2.45) is 0 Å². The largest absolute Gasteiger partial charge is 0.481 e. The van der Waals surface area contributed by atoms with Crippen molar-refractivity contribution in [3.05, 3.63) is 41.7 Å². The molecule has 1 aromatic carbocycles. The zero-order valence-corrected chi connectivity index (χ0v) is 18.5. The van der Waals surface area contributed by atoms with Gasteiger partial charge in [0.15, 0.2) is 17.0 Å². The number of amides is 1. The maximum atomic E-state index is 12.4. The highest BCUT2D eigenvalue weighted by Crippen LogP contribution is 2.20. The molecule has 0 radical (unpaired) electrons. The highest BCUT2D eigenvalue weighted by molar-refractivity contribution is 5.97. The standard InChI is InChI=1S/C21H24N8O5/c1-23-17-16-18(28-21(22)27-17)24-9-12(25-16)10-29(2)13-5-3-11(4-6-13)19(32)26-14(20(33)34)7-8-15(30)31/h3-6,9,14H,7-8,10H2,1-2H3,(H,26,32)(H,30,31)(H,33,34)(H3,22,23,24,27,28). The van der Waals surface area contributed by atoms with Crippen LogP contribution in [-0.4, -0.2) is 68.1 Å². The molecule has 0 aliphatic heterocycles. The summed E-state index contributed by atoms with van der Waals surface area (Å²) >= 11 is 0. The number of benzene rings is 1. The molecule has 13 heteroatoms. The van der Waals surface area contributed by atoms with Gasteiger partial charge in [0.2, 0.25) is 5.95 Å². The quantitative estimate of drug-likeness (QED) is 0.280. The molecule has 1 amide bonds. The lowest BCUT2D eigenvalue weighted by atomic mass is 10.1. The Hall–Kier alpha value is -4.55. The van der Waals surface area contributed by atoms with Crippen molar-refractivity contribution >= 4 is 46.5 Å². The number of rotatable bonds is 10. The number of carboxylic acid groups (broad SMARTS) is 2. The Bertz CT molecular complexity index is 1220. The summed E-state index contributed by atoms with van der Waals surface area (Å²) in [6.07, 6.45) is 1.01. The average molecular weight is 468 g/mol. The number of aliphatic carboxylic acids is 2. The summed E-state index contributed by atoms with van der Waals surface area (Å²) in [5.74, 6) is -2.47. The molecule has 6 N–H and O–H groups in total. The first-order valence-corrected chi connectivity index (χ1v) is 10.2. The number of hydrogen-bond acceptors (Lipinski definition) is 10. The Labute approximate surface area is 194 Å². The minimum atomic E-state index is -1.29. The van der Waals surface area contributed by atoms with Gasteiger partial charge in [-0.05, 0) is 30.7 Å². The molecule has 0 aliphatic carbocycles. The van der Waals surface area contributed by atoms with Crippen LogP contribution in [-0.2, 0) is 16.1 Å². The van der Waals surface area contributed by atoms with E-state index in [2.05, 4.69) is 30.6 Å². The minimum absolute atomic E-state index is 0.0942. The van der Waals surface area contributed by atoms with Crippen LogP contribution in [0.25, 0.3) is 11.2 Å². The van der Waals surface area contributed by atoms with Gasteiger partial charge in [-0.3, -0.25) is 9.59 Å². The van der Waals surface area contributed by atoms with E-state index in [1.54, 1.807) is 37.5 Å². The maximum Gasteiger partial charge on any atom is 0.326 e. The first kappa shape index (κ1) is 24.1. The van der Waals surface area contributed by atoms with E-state index in [1.807, 2.05) is 11.9 Å². The second kappa shape index (κ2) is 10.4. The Morgan fingerprint density at radius 1 is 1.12 bits per heavy atom. The molecule has 2 heterocycles. The normalized spacial score (nSPS) is 11.6. The number of anilines is 3. The molecule has 0 bridgehead atoms. The lowest BCUT2D eigenvalue weighted by Gasteiger charge is -2.19. The van der Waals surface area contributed by atoms with E-state index in [4.69, 9.17) is 10.8 Å². The van der Waals surface area contributed by atoms with Crippen LogP contribution in [0.15, 0.2) is 30.5 Å². The van der Waals surface area contributed by atoms with Crippen LogP contribution in [0.1, 0.15) is 28.9 Å². The average Bonchev–Trinajstić information content (AvgIpc) is 2.80. The summed E-state index contributed by atoms with van der Waals surface area (Å²) < 4.78 is 0. The van der Waals surface area contributed by atoms with Gasteiger partial charge in [0, 0.05) is 31.8 Å². The number of carbonyl (C=O) groups is 3. The first-order valence-electron chi connectivity index (χ1n) is 10.2. The Kier molecular flexibility index (Phi) is 7.36. The summed E-state index contributed by atoms with van der Waals surface area (Å²) in [6.45, 7) is 0.401. The van der Waals surface area contributed by atoms with Gasteiger partial charge in [0.1, 0.15) is 6.04 Å². The monoisotopic (exact) mass is 468 g/mol. The zero-order chi connectivity index (χ0) is 24.8. The molecule has 2 aromatic heterocycles. The third-order valence-corrected chi connectivity index (χ3v) is 4.93. The molecule has 1 unspecified atom stereocenters. The summed E-state index contributed by atoms with van der Waals surface area (Å²) in [7, 11) is 3.54. The van der Waals surface area contributed by atoms with E-state index in [0.29, 0.717) is 29.2 Å². The fourth-order valence-corrected chi connectivity index (χ4v) is 3.18. The SMILES string of the molecule is CNc1nc(N)nc2ncc(CN(C)c3ccc(C(=O)NC(CCC(=O)O)C(=O)O)cc3)nc12. The Morgan fingerprint density at radius 2 is 1.82 bits per heavy atom. The third kappa shape index (κ3) is 5.82. The van der Waals surface area contributed by atoms with Crippen LogP contribution < -0.4 is 21.3 Å². The highest BCUT2D eigenvalue weighted by Gasteiger charge is 2.21.